The maximum atomic E-state index is 12.1. The molecule has 0 spiro atoms. The number of nitrogens with one attached hydrogen (secondary N) is 2. The molecule has 2 aromatic carbocycles. The van der Waals surface area contributed by atoms with Gasteiger partial charge in [-0.05, 0) is 49.2 Å². The quantitative estimate of drug-likeness (QED) is 0.748. The van der Waals surface area contributed by atoms with E-state index in [1.807, 2.05) is 12.1 Å². The van der Waals surface area contributed by atoms with Crippen molar-refractivity contribution in [1.29, 1.82) is 0 Å². The minimum Gasteiger partial charge on any atom is -0.358 e. The number of carbonyl (C=O) groups excluding carboxylic acids is 1. The molecule has 1 aromatic heterocycles. The van der Waals surface area contributed by atoms with Crippen LogP contribution < -0.4 is 5.32 Å². The van der Waals surface area contributed by atoms with Gasteiger partial charge in [-0.1, -0.05) is 29.8 Å². The molecule has 0 aliphatic carbocycles. The van der Waals surface area contributed by atoms with Crippen molar-refractivity contribution >= 4 is 28.4 Å². The Kier molecular flexibility index (Phi) is 4.16. The zero-order valence-electron chi connectivity index (χ0n) is 12.3. The van der Waals surface area contributed by atoms with E-state index in [1.54, 1.807) is 24.3 Å². The number of hydrogen-bond donors (Lipinski definition) is 2. The number of amides is 1. The van der Waals surface area contributed by atoms with Gasteiger partial charge in [0.2, 0.25) is 0 Å². The maximum Gasteiger partial charge on any atom is 0.251 e. The maximum absolute atomic E-state index is 12.1. The van der Waals surface area contributed by atoms with E-state index in [1.165, 1.54) is 10.9 Å². The van der Waals surface area contributed by atoms with Gasteiger partial charge >= 0.3 is 0 Å². The summed E-state index contributed by atoms with van der Waals surface area (Å²) in [5, 5.41) is 4.81. The fourth-order valence-corrected chi connectivity index (χ4v) is 2.79. The molecule has 0 saturated carbocycles. The van der Waals surface area contributed by atoms with Gasteiger partial charge in [-0.15, -0.1) is 0 Å². The molecule has 0 saturated heterocycles. The second-order valence-corrected chi connectivity index (χ2v) is 5.72. The van der Waals surface area contributed by atoms with Crippen LogP contribution in [0.1, 0.15) is 21.6 Å². The number of aromatic amines is 1. The van der Waals surface area contributed by atoms with E-state index in [4.69, 9.17) is 11.6 Å². The number of benzene rings is 2. The summed E-state index contributed by atoms with van der Waals surface area (Å²) < 4.78 is 0. The second kappa shape index (κ2) is 6.24. The number of halogens is 1. The van der Waals surface area contributed by atoms with Crippen LogP contribution in [0.2, 0.25) is 5.02 Å². The summed E-state index contributed by atoms with van der Waals surface area (Å²) in [6.45, 7) is 2.67. The molecule has 3 aromatic rings. The Hall–Kier alpha value is -2.26. The lowest BCUT2D eigenvalue weighted by Gasteiger charge is -2.06. The summed E-state index contributed by atoms with van der Waals surface area (Å²) in [4.78, 5) is 15.4. The van der Waals surface area contributed by atoms with Crippen molar-refractivity contribution in [1.82, 2.24) is 10.3 Å². The third kappa shape index (κ3) is 3.00. The van der Waals surface area contributed by atoms with Crippen molar-refractivity contribution in [3.63, 3.8) is 0 Å². The summed E-state index contributed by atoms with van der Waals surface area (Å²) in [5.74, 6) is -0.0749. The van der Waals surface area contributed by atoms with E-state index in [-0.39, 0.29) is 5.91 Å². The largest absolute Gasteiger partial charge is 0.358 e. The van der Waals surface area contributed by atoms with Crippen molar-refractivity contribution in [3.05, 3.63) is 70.4 Å². The van der Waals surface area contributed by atoms with Crippen LogP contribution in [0, 0.1) is 6.92 Å². The Morgan fingerprint density at radius 2 is 1.86 bits per heavy atom. The Bertz CT molecular complexity index is 806. The van der Waals surface area contributed by atoms with E-state index < -0.39 is 0 Å². The molecular formula is C18H17ClN2O. The highest BCUT2D eigenvalue weighted by molar-refractivity contribution is 6.30. The Morgan fingerprint density at radius 1 is 1.14 bits per heavy atom. The molecule has 2 N–H and O–H groups in total. The van der Waals surface area contributed by atoms with Crippen molar-refractivity contribution in [2.75, 3.05) is 6.54 Å². The highest BCUT2D eigenvalue weighted by Crippen LogP contribution is 2.21. The zero-order chi connectivity index (χ0) is 15.5. The lowest BCUT2D eigenvalue weighted by molar-refractivity contribution is 0.0954. The van der Waals surface area contributed by atoms with Crippen molar-refractivity contribution in [3.8, 4) is 0 Å². The Labute approximate surface area is 134 Å². The lowest BCUT2D eigenvalue weighted by Crippen LogP contribution is -2.25. The van der Waals surface area contributed by atoms with E-state index in [0.29, 0.717) is 17.1 Å². The molecule has 0 bridgehead atoms. The van der Waals surface area contributed by atoms with Crippen molar-refractivity contribution in [2.45, 2.75) is 13.3 Å². The van der Waals surface area contributed by atoms with Crippen LogP contribution in [0.15, 0.2) is 48.5 Å². The molecule has 0 aliphatic heterocycles. The number of hydrogen-bond acceptors (Lipinski definition) is 1. The Balaban J connectivity index is 1.66. The number of carbonyl (C=O) groups is 1. The minimum atomic E-state index is -0.0749. The van der Waals surface area contributed by atoms with Gasteiger partial charge in [-0.3, -0.25) is 4.79 Å². The fraction of sp³-hybridized carbons (Fsp3) is 0.167. The highest BCUT2D eigenvalue weighted by atomic mass is 35.5. The van der Waals surface area contributed by atoms with Crippen LogP contribution in [0.4, 0.5) is 0 Å². The zero-order valence-corrected chi connectivity index (χ0v) is 13.1. The molecule has 0 unspecified atom stereocenters. The predicted octanol–water partition coefficient (Wildman–Crippen LogP) is 4.10. The van der Waals surface area contributed by atoms with E-state index in [2.05, 4.69) is 29.4 Å². The first-order chi connectivity index (χ1) is 10.6. The molecule has 0 atom stereocenters. The number of aryl methyl sites for hydroxylation is 1. The predicted molar refractivity (Wildman–Crippen MR) is 90.5 cm³/mol. The number of para-hydroxylation sites is 1. The highest BCUT2D eigenvalue weighted by Gasteiger charge is 2.09. The monoisotopic (exact) mass is 312 g/mol. The average Bonchev–Trinajstić information content (AvgIpc) is 2.84. The van der Waals surface area contributed by atoms with Crippen molar-refractivity contribution < 1.29 is 4.79 Å². The fourth-order valence-electron chi connectivity index (χ4n) is 2.66. The van der Waals surface area contributed by atoms with Crippen LogP contribution in [0.3, 0.4) is 0 Å². The van der Waals surface area contributed by atoms with Crippen LogP contribution in [0.5, 0.6) is 0 Å². The molecule has 3 nitrogen and oxygen atoms in total. The van der Waals surface area contributed by atoms with Crippen molar-refractivity contribution in [2.24, 2.45) is 0 Å². The molecule has 4 heteroatoms. The molecule has 22 heavy (non-hydrogen) atoms. The van der Waals surface area contributed by atoms with Crippen LogP contribution >= 0.6 is 11.6 Å². The van der Waals surface area contributed by atoms with E-state index in [9.17, 15) is 4.79 Å². The average molecular weight is 313 g/mol. The standard InChI is InChI=1S/C18H17ClN2O/c1-12-15(16-4-2-3-5-17(16)21-12)10-11-20-18(22)13-6-8-14(19)9-7-13/h2-9,21H,10-11H2,1H3,(H,20,22). The van der Waals surface area contributed by atoms with Crippen LogP contribution in [-0.2, 0) is 6.42 Å². The smallest absolute Gasteiger partial charge is 0.251 e. The van der Waals surface area contributed by atoms with Gasteiger partial charge in [-0.25, -0.2) is 0 Å². The van der Waals surface area contributed by atoms with Crippen LogP contribution in [-0.4, -0.2) is 17.4 Å². The van der Waals surface area contributed by atoms with Gasteiger partial charge < -0.3 is 10.3 Å². The third-order valence-corrected chi connectivity index (χ3v) is 4.05. The number of fused-ring (bicyclic) bond motifs is 1. The number of H-pyrrole nitrogens is 1. The molecule has 3 rings (SSSR count). The van der Waals surface area contributed by atoms with Gasteiger partial charge in [0.25, 0.3) is 5.91 Å². The molecule has 0 fully saturated rings. The van der Waals surface area contributed by atoms with Gasteiger partial charge in [0.15, 0.2) is 0 Å². The van der Waals surface area contributed by atoms with Gasteiger partial charge in [0.1, 0.15) is 0 Å². The SMILES string of the molecule is Cc1[nH]c2ccccc2c1CCNC(=O)c1ccc(Cl)cc1. The van der Waals surface area contributed by atoms with E-state index in [0.717, 1.165) is 17.6 Å². The summed E-state index contributed by atoms with van der Waals surface area (Å²) in [6, 6.07) is 15.1. The molecule has 0 aliphatic rings. The number of aromatic nitrogens is 1. The van der Waals surface area contributed by atoms with E-state index >= 15 is 0 Å². The first kappa shape index (κ1) is 14.7. The Morgan fingerprint density at radius 3 is 2.64 bits per heavy atom. The molecule has 0 radical (unpaired) electrons. The van der Waals surface area contributed by atoms with Gasteiger partial charge in [-0.2, -0.15) is 0 Å². The minimum absolute atomic E-state index is 0.0749. The molecule has 1 amide bonds. The lowest BCUT2D eigenvalue weighted by atomic mass is 10.1. The number of rotatable bonds is 4. The molecular weight excluding hydrogens is 296 g/mol. The topological polar surface area (TPSA) is 44.9 Å². The summed E-state index contributed by atoms with van der Waals surface area (Å²) in [7, 11) is 0. The summed E-state index contributed by atoms with van der Waals surface area (Å²) in [6.07, 6.45) is 0.801. The van der Waals surface area contributed by atoms with Gasteiger partial charge in [0, 0.05) is 33.7 Å². The normalized spacial score (nSPS) is 10.8. The first-order valence-corrected chi connectivity index (χ1v) is 7.63. The molecule has 1 heterocycles. The molecule has 112 valence electrons. The first-order valence-electron chi connectivity index (χ1n) is 7.25. The summed E-state index contributed by atoms with van der Waals surface area (Å²) >= 11 is 5.83. The third-order valence-electron chi connectivity index (χ3n) is 3.79. The second-order valence-electron chi connectivity index (χ2n) is 5.29. The summed E-state index contributed by atoms with van der Waals surface area (Å²) in [5.41, 5.74) is 4.17. The van der Waals surface area contributed by atoms with Crippen LogP contribution in [0.25, 0.3) is 10.9 Å². The van der Waals surface area contributed by atoms with Gasteiger partial charge in [0.05, 0.1) is 0 Å².